The molecule has 0 aromatic heterocycles. The molecule has 27 heavy (non-hydrogen) atoms. The number of hydrogen-bond donors (Lipinski definition) is 0. The fourth-order valence-corrected chi connectivity index (χ4v) is 3.99. The zero-order chi connectivity index (χ0) is 20.1. The van der Waals surface area contributed by atoms with Crippen molar-refractivity contribution in [1.82, 2.24) is 0 Å². The van der Waals surface area contributed by atoms with Crippen LogP contribution < -0.4 is 0 Å². The summed E-state index contributed by atoms with van der Waals surface area (Å²) in [6.45, 7) is 13.1. The predicted molar refractivity (Wildman–Crippen MR) is 114 cm³/mol. The van der Waals surface area contributed by atoms with Crippen LogP contribution in [0.15, 0.2) is 41.5 Å². The number of allylic oxidation sites excluding steroid dienone is 2. The Morgan fingerprint density at radius 2 is 1.63 bits per heavy atom. The molecule has 2 rings (SSSR count). The van der Waals surface area contributed by atoms with E-state index in [0.29, 0.717) is 17.8 Å². The summed E-state index contributed by atoms with van der Waals surface area (Å²) in [4.78, 5) is 0. The minimum Gasteiger partial charge on any atom is -0.377 e. The van der Waals surface area contributed by atoms with Gasteiger partial charge in [-0.3, -0.25) is 0 Å². The zero-order valence-corrected chi connectivity index (χ0v) is 18.2. The maximum Gasteiger partial charge on any atom is 0.126 e. The molecule has 0 saturated heterocycles. The van der Waals surface area contributed by atoms with Crippen LogP contribution in [0.5, 0.6) is 0 Å². The van der Waals surface area contributed by atoms with Crippen molar-refractivity contribution in [3.8, 4) is 0 Å². The SMILES string of the molecule is COC1CC(C(C)C)=CC=C1C(C)CCC(C)c1ccc(C(C)C)c(F)c1. The van der Waals surface area contributed by atoms with Crippen LogP contribution in [0.1, 0.15) is 83.8 Å². The Hall–Kier alpha value is -1.41. The molecule has 1 nitrogen and oxygen atoms in total. The fourth-order valence-electron chi connectivity index (χ4n) is 3.99. The van der Waals surface area contributed by atoms with Crippen LogP contribution in [0, 0.1) is 17.7 Å². The van der Waals surface area contributed by atoms with Crippen molar-refractivity contribution in [1.29, 1.82) is 0 Å². The lowest BCUT2D eigenvalue weighted by Gasteiger charge is -2.30. The van der Waals surface area contributed by atoms with Gasteiger partial charge in [0.1, 0.15) is 5.82 Å². The summed E-state index contributed by atoms with van der Waals surface area (Å²) >= 11 is 0. The van der Waals surface area contributed by atoms with Gasteiger partial charge in [0.25, 0.3) is 0 Å². The van der Waals surface area contributed by atoms with Crippen LogP contribution in [0.4, 0.5) is 4.39 Å². The first-order valence-corrected chi connectivity index (χ1v) is 10.5. The Labute approximate surface area is 165 Å². The number of hydrogen-bond acceptors (Lipinski definition) is 1. The Kier molecular flexibility index (Phi) is 7.85. The molecule has 1 aliphatic rings. The average Bonchev–Trinajstić information content (AvgIpc) is 2.64. The summed E-state index contributed by atoms with van der Waals surface area (Å²) in [5.41, 5.74) is 4.77. The predicted octanol–water partition coefficient (Wildman–Crippen LogP) is 7.40. The summed E-state index contributed by atoms with van der Waals surface area (Å²) in [5, 5.41) is 0. The molecule has 0 amide bonds. The van der Waals surface area contributed by atoms with Crippen LogP contribution in [0.2, 0.25) is 0 Å². The first kappa shape index (κ1) is 21.9. The lowest BCUT2D eigenvalue weighted by molar-refractivity contribution is 0.119. The van der Waals surface area contributed by atoms with E-state index >= 15 is 0 Å². The molecule has 0 spiro atoms. The molecule has 0 heterocycles. The monoisotopic (exact) mass is 372 g/mol. The molecule has 1 aromatic carbocycles. The number of halogens is 1. The normalized spacial score (nSPS) is 19.9. The van der Waals surface area contributed by atoms with E-state index in [-0.39, 0.29) is 17.8 Å². The van der Waals surface area contributed by atoms with Gasteiger partial charge in [-0.15, -0.1) is 0 Å². The van der Waals surface area contributed by atoms with Gasteiger partial charge in [0.15, 0.2) is 0 Å². The van der Waals surface area contributed by atoms with Gasteiger partial charge in [-0.1, -0.05) is 71.4 Å². The van der Waals surface area contributed by atoms with E-state index < -0.39 is 0 Å². The standard InChI is InChI=1S/C25H37FO/c1-16(2)20-10-13-23(25(15-20)27-7)19(6)9-8-18(5)21-11-12-22(17(3)4)24(26)14-21/h10-14,16-19,25H,8-9,15H2,1-7H3. The number of benzene rings is 1. The van der Waals surface area contributed by atoms with Gasteiger partial charge in [0.05, 0.1) is 6.10 Å². The van der Waals surface area contributed by atoms with Gasteiger partial charge in [-0.2, -0.15) is 0 Å². The van der Waals surface area contributed by atoms with E-state index in [1.807, 2.05) is 27.0 Å². The lowest BCUT2D eigenvalue weighted by atomic mass is 9.81. The molecular weight excluding hydrogens is 335 g/mol. The molecule has 0 saturated carbocycles. The second kappa shape index (κ2) is 9.68. The van der Waals surface area contributed by atoms with E-state index in [4.69, 9.17) is 4.74 Å². The maximum atomic E-state index is 14.3. The van der Waals surface area contributed by atoms with Crippen molar-refractivity contribution in [3.63, 3.8) is 0 Å². The van der Waals surface area contributed by atoms with Gasteiger partial charge >= 0.3 is 0 Å². The van der Waals surface area contributed by atoms with Gasteiger partial charge in [-0.05, 0) is 65.7 Å². The van der Waals surface area contributed by atoms with E-state index in [1.165, 1.54) is 11.1 Å². The maximum absolute atomic E-state index is 14.3. The van der Waals surface area contributed by atoms with Gasteiger partial charge < -0.3 is 4.74 Å². The third-order valence-corrected chi connectivity index (χ3v) is 6.13. The number of ether oxygens (including phenoxy) is 1. The first-order chi connectivity index (χ1) is 12.7. The van der Waals surface area contributed by atoms with Crippen molar-refractivity contribution in [2.45, 2.75) is 78.7 Å². The third kappa shape index (κ3) is 5.54. The molecule has 0 bridgehead atoms. The largest absolute Gasteiger partial charge is 0.377 e. The van der Waals surface area contributed by atoms with Crippen LogP contribution in [-0.4, -0.2) is 13.2 Å². The Morgan fingerprint density at radius 3 is 2.19 bits per heavy atom. The molecule has 0 aliphatic heterocycles. The van der Waals surface area contributed by atoms with Crippen molar-refractivity contribution in [2.24, 2.45) is 11.8 Å². The molecule has 0 radical (unpaired) electrons. The van der Waals surface area contributed by atoms with Crippen LogP contribution in [-0.2, 0) is 4.74 Å². The quantitative estimate of drug-likeness (QED) is 0.462. The second-order valence-corrected chi connectivity index (χ2v) is 8.81. The highest BCUT2D eigenvalue weighted by atomic mass is 19.1. The van der Waals surface area contributed by atoms with Crippen molar-refractivity contribution in [2.75, 3.05) is 7.11 Å². The van der Waals surface area contributed by atoms with E-state index in [2.05, 4.69) is 45.9 Å². The van der Waals surface area contributed by atoms with Crippen LogP contribution in [0.3, 0.4) is 0 Å². The van der Waals surface area contributed by atoms with Gasteiger partial charge in [-0.25, -0.2) is 4.39 Å². The number of rotatable bonds is 8. The fraction of sp³-hybridized carbons (Fsp3) is 0.600. The molecule has 2 heteroatoms. The zero-order valence-electron chi connectivity index (χ0n) is 18.2. The molecule has 1 aromatic rings. The Bertz CT molecular complexity index is 684. The summed E-state index contributed by atoms with van der Waals surface area (Å²) in [5.74, 6) is 1.56. The summed E-state index contributed by atoms with van der Waals surface area (Å²) < 4.78 is 20.1. The summed E-state index contributed by atoms with van der Waals surface area (Å²) in [7, 11) is 1.82. The van der Waals surface area contributed by atoms with Gasteiger partial charge in [0, 0.05) is 7.11 Å². The minimum atomic E-state index is -0.0665. The van der Waals surface area contributed by atoms with Crippen LogP contribution in [0.25, 0.3) is 0 Å². The molecule has 3 unspecified atom stereocenters. The van der Waals surface area contributed by atoms with Gasteiger partial charge in [0.2, 0.25) is 0 Å². The summed E-state index contributed by atoms with van der Waals surface area (Å²) in [6.07, 6.45) is 7.90. The molecule has 150 valence electrons. The van der Waals surface area contributed by atoms with E-state index in [1.54, 1.807) is 6.07 Å². The second-order valence-electron chi connectivity index (χ2n) is 8.81. The molecular formula is C25H37FO. The Morgan fingerprint density at radius 1 is 0.963 bits per heavy atom. The van der Waals surface area contributed by atoms with E-state index in [9.17, 15) is 4.39 Å². The average molecular weight is 373 g/mol. The van der Waals surface area contributed by atoms with Crippen molar-refractivity contribution < 1.29 is 9.13 Å². The molecule has 0 N–H and O–H groups in total. The first-order valence-electron chi connectivity index (χ1n) is 10.5. The summed E-state index contributed by atoms with van der Waals surface area (Å²) in [6, 6.07) is 5.79. The molecule has 3 atom stereocenters. The van der Waals surface area contributed by atoms with E-state index in [0.717, 1.165) is 30.4 Å². The van der Waals surface area contributed by atoms with Crippen molar-refractivity contribution >= 4 is 0 Å². The smallest absolute Gasteiger partial charge is 0.126 e. The van der Waals surface area contributed by atoms with Crippen molar-refractivity contribution in [3.05, 3.63) is 58.4 Å². The van der Waals surface area contributed by atoms with Crippen LogP contribution >= 0.6 is 0 Å². The molecule has 1 aliphatic carbocycles. The highest BCUT2D eigenvalue weighted by Crippen LogP contribution is 2.34. The highest BCUT2D eigenvalue weighted by molar-refractivity contribution is 5.31. The third-order valence-electron chi connectivity index (χ3n) is 6.13. The Balaban J connectivity index is 2.02. The number of methoxy groups -OCH3 is 1. The molecule has 0 fully saturated rings. The lowest BCUT2D eigenvalue weighted by Crippen LogP contribution is -2.23. The highest BCUT2D eigenvalue weighted by Gasteiger charge is 2.24. The minimum absolute atomic E-state index is 0.0665. The topological polar surface area (TPSA) is 9.23 Å².